The van der Waals surface area contributed by atoms with E-state index in [0.29, 0.717) is 18.3 Å². The zero-order valence-corrected chi connectivity index (χ0v) is 13.4. The quantitative estimate of drug-likeness (QED) is 0.686. The van der Waals surface area contributed by atoms with Gasteiger partial charge < -0.3 is 20.1 Å². The highest BCUT2D eigenvalue weighted by molar-refractivity contribution is 5.43. The summed E-state index contributed by atoms with van der Waals surface area (Å²) < 4.78 is 10.5. The van der Waals surface area contributed by atoms with Crippen LogP contribution in [0.15, 0.2) is 37.1 Å². The number of aromatic nitrogens is 3. The molecule has 1 aromatic heterocycles. The second-order valence-electron chi connectivity index (χ2n) is 4.70. The summed E-state index contributed by atoms with van der Waals surface area (Å²) in [5, 5.41) is 14.0. The Hall–Kier alpha value is -2.83. The zero-order chi connectivity index (χ0) is 16.5. The van der Waals surface area contributed by atoms with Crippen LogP contribution in [-0.2, 0) is 6.42 Å². The highest BCUT2D eigenvalue weighted by atomic mass is 16.5. The Kier molecular flexibility index (Phi) is 6.17. The van der Waals surface area contributed by atoms with Gasteiger partial charge in [0.1, 0.15) is 0 Å². The molecule has 0 amide bonds. The molecule has 0 aliphatic carbocycles. The van der Waals surface area contributed by atoms with Crippen LogP contribution in [0.3, 0.4) is 0 Å². The fraction of sp³-hybridized carbons (Fsp3) is 0.312. The minimum Gasteiger partial charge on any atom is -0.493 e. The predicted molar refractivity (Wildman–Crippen MR) is 90.3 cm³/mol. The molecular weight excluding hydrogens is 294 g/mol. The van der Waals surface area contributed by atoms with Gasteiger partial charge in [0, 0.05) is 13.1 Å². The average molecular weight is 315 g/mol. The molecule has 0 saturated heterocycles. The molecule has 122 valence electrons. The van der Waals surface area contributed by atoms with Gasteiger partial charge in [-0.05, 0) is 24.1 Å². The van der Waals surface area contributed by atoms with Gasteiger partial charge in [-0.25, -0.2) is 0 Å². The number of anilines is 2. The maximum absolute atomic E-state index is 5.30. The SMILES string of the molecule is C=CCNc1nncc(NCCc2ccc(OC)c(OC)c2)n1. The largest absolute Gasteiger partial charge is 0.493 e. The lowest BCUT2D eigenvalue weighted by Gasteiger charge is -2.10. The molecule has 0 radical (unpaired) electrons. The van der Waals surface area contributed by atoms with Crippen molar-refractivity contribution in [2.45, 2.75) is 6.42 Å². The van der Waals surface area contributed by atoms with Gasteiger partial charge in [0.25, 0.3) is 0 Å². The summed E-state index contributed by atoms with van der Waals surface area (Å²) in [7, 11) is 3.25. The number of ether oxygens (including phenoxy) is 2. The van der Waals surface area contributed by atoms with Crippen molar-refractivity contribution in [3.8, 4) is 11.5 Å². The van der Waals surface area contributed by atoms with Crippen LogP contribution in [0.4, 0.5) is 11.8 Å². The number of hydrogen-bond acceptors (Lipinski definition) is 7. The van der Waals surface area contributed by atoms with Crippen molar-refractivity contribution >= 4 is 11.8 Å². The Balaban J connectivity index is 1.90. The third-order valence-electron chi connectivity index (χ3n) is 3.13. The minimum absolute atomic E-state index is 0.473. The second-order valence-corrected chi connectivity index (χ2v) is 4.70. The Morgan fingerprint density at radius 2 is 2.00 bits per heavy atom. The second kappa shape index (κ2) is 8.57. The van der Waals surface area contributed by atoms with E-state index < -0.39 is 0 Å². The van der Waals surface area contributed by atoms with Crippen LogP contribution in [0, 0.1) is 0 Å². The average Bonchev–Trinajstić information content (AvgIpc) is 2.60. The smallest absolute Gasteiger partial charge is 0.244 e. The zero-order valence-electron chi connectivity index (χ0n) is 13.4. The molecule has 0 fully saturated rings. The lowest BCUT2D eigenvalue weighted by molar-refractivity contribution is 0.354. The molecule has 7 nitrogen and oxygen atoms in total. The van der Waals surface area contributed by atoms with Crippen LogP contribution in [0.25, 0.3) is 0 Å². The van der Waals surface area contributed by atoms with Crippen molar-refractivity contribution in [2.24, 2.45) is 0 Å². The number of methoxy groups -OCH3 is 2. The fourth-order valence-corrected chi connectivity index (χ4v) is 2.00. The van der Waals surface area contributed by atoms with Crippen molar-refractivity contribution in [3.63, 3.8) is 0 Å². The number of rotatable bonds is 9. The van der Waals surface area contributed by atoms with E-state index in [9.17, 15) is 0 Å². The summed E-state index contributed by atoms with van der Waals surface area (Å²) in [5.41, 5.74) is 1.14. The van der Waals surface area contributed by atoms with Crippen LogP contribution in [0.2, 0.25) is 0 Å². The molecular formula is C16H21N5O2. The summed E-state index contributed by atoms with van der Waals surface area (Å²) in [6.07, 6.45) is 4.15. The molecule has 0 bridgehead atoms. The van der Waals surface area contributed by atoms with E-state index in [0.717, 1.165) is 30.0 Å². The Labute approximate surface area is 135 Å². The van der Waals surface area contributed by atoms with Crippen molar-refractivity contribution in [3.05, 3.63) is 42.6 Å². The highest BCUT2D eigenvalue weighted by Gasteiger charge is 2.05. The summed E-state index contributed by atoms with van der Waals surface area (Å²) in [4.78, 5) is 4.31. The third-order valence-corrected chi connectivity index (χ3v) is 3.13. The summed E-state index contributed by atoms with van der Waals surface area (Å²) in [6, 6.07) is 5.88. The van der Waals surface area contributed by atoms with E-state index >= 15 is 0 Å². The van der Waals surface area contributed by atoms with Crippen LogP contribution in [-0.4, -0.2) is 42.5 Å². The van der Waals surface area contributed by atoms with Gasteiger partial charge in [0.15, 0.2) is 17.3 Å². The van der Waals surface area contributed by atoms with Gasteiger partial charge in [-0.15, -0.1) is 11.7 Å². The van der Waals surface area contributed by atoms with Gasteiger partial charge in [-0.2, -0.15) is 10.1 Å². The number of benzene rings is 1. The topological polar surface area (TPSA) is 81.2 Å². The molecule has 0 atom stereocenters. The Morgan fingerprint density at radius 3 is 2.74 bits per heavy atom. The molecule has 7 heteroatoms. The van der Waals surface area contributed by atoms with Gasteiger partial charge in [0.2, 0.25) is 5.95 Å². The Morgan fingerprint density at radius 1 is 1.17 bits per heavy atom. The minimum atomic E-state index is 0.473. The molecule has 0 spiro atoms. The highest BCUT2D eigenvalue weighted by Crippen LogP contribution is 2.27. The molecule has 2 rings (SSSR count). The van der Waals surface area contributed by atoms with E-state index in [-0.39, 0.29) is 0 Å². The lowest BCUT2D eigenvalue weighted by atomic mass is 10.1. The van der Waals surface area contributed by atoms with Crippen molar-refractivity contribution in [2.75, 3.05) is 37.9 Å². The Bertz CT molecular complexity index is 648. The van der Waals surface area contributed by atoms with Gasteiger partial charge in [0.05, 0.1) is 20.4 Å². The first-order chi connectivity index (χ1) is 11.3. The molecule has 2 N–H and O–H groups in total. The molecule has 23 heavy (non-hydrogen) atoms. The maximum atomic E-state index is 5.30. The molecule has 2 aromatic rings. The van der Waals surface area contributed by atoms with E-state index in [1.807, 2.05) is 18.2 Å². The third kappa shape index (κ3) is 4.84. The van der Waals surface area contributed by atoms with E-state index in [1.165, 1.54) is 0 Å². The number of hydrogen-bond donors (Lipinski definition) is 2. The first-order valence-electron chi connectivity index (χ1n) is 7.26. The monoisotopic (exact) mass is 315 g/mol. The van der Waals surface area contributed by atoms with Gasteiger partial charge >= 0.3 is 0 Å². The van der Waals surface area contributed by atoms with E-state index in [1.54, 1.807) is 26.5 Å². The van der Waals surface area contributed by atoms with Crippen LogP contribution >= 0.6 is 0 Å². The molecule has 0 saturated carbocycles. The van der Waals surface area contributed by atoms with Crippen LogP contribution in [0.5, 0.6) is 11.5 Å². The normalized spacial score (nSPS) is 10.0. The first-order valence-corrected chi connectivity index (χ1v) is 7.26. The van der Waals surface area contributed by atoms with Crippen LogP contribution in [0.1, 0.15) is 5.56 Å². The van der Waals surface area contributed by atoms with E-state index in [2.05, 4.69) is 32.4 Å². The standard InChI is InChI=1S/C16H21N5O2/c1-4-8-18-16-20-15(11-19-21-16)17-9-7-12-5-6-13(22-2)14(10-12)23-3/h4-6,10-11H,1,7-9H2,2-3H3,(H2,17,18,20,21). The molecule has 1 heterocycles. The van der Waals surface area contributed by atoms with Crippen molar-refractivity contribution in [1.29, 1.82) is 0 Å². The van der Waals surface area contributed by atoms with E-state index in [4.69, 9.17) is 9.47 Å². The maximum Gasteiger partial charge on any atom is 0.244 e. The van der Waals surface area contributed by atoms with Crippen molar-refractivity contribution in [1.82, 2.24) is 15.2 Å². The van der Waals surface area contributed by atoms with Crippen LogP contribution < -0.4 is 20.1 Å². The molecule has 0 aliphatic rings. The lowest BCUT2D eigenvalue weighted by Crippen LogP contribution is -2.10. The van der Waals surface area contributed by atoms with Gasteiger partial charge in [-0.1, -0.05) is 12.1 Å². The molecule has 0 aliphatic heterocycles. The fourth-order valence-electron chi connectivity index (χ4n) is 2.00. The summed E-state index contributed by atoms with van der Waals surface area (Å²) >= 11 is 0. The molecule has 1 aromatic carbocycles. The molecule has 0 unspecified atom stereocenters. The number of nitrogens with one attached hydrogen (secondary N) is 2. The summed E-state index contributed by atoms with van der Waals surface area (Å²) in [6.45, 7) is 4.95. The first kappa shape index (κ1) is 16.5. The number of nitrogens with zero attached hydrogens (tertiary/aromatic N) is 3. The van der Waals surface area contributed by atoms with Gasteiger partial charge in [-0.3, -0.25) is 0 Å². The predicted octanol–water partition coefficient (Wildman–Crippen LogP) is 2.14. The van der Waals surface area contributed by atoms with Crippen molar-refractivity contribution < 1.29 is 9.47 Å². The summed E-state index contributed by atoms with van der Waals surface area (Å²) in [5.74, 6) is 2.60.